The summed E-state index contributed by atoms with van der Waals surface area (Å²) < 4.78 is 0.587. The van der Waals surface area contributed by atoms with Crippen LogP contribution in [0.1, 0.15) is 10.4 Å². The van der Waals surface area contributed by atoms with Gasteiger partial charge in [0.2, 0.25) is 0 Å². The van der Waals surface area contributed by atoms with Gasteiger partial charge in [-0.1, -0.05) is 12.1 Å². The number of nitrogens with zero attached hydrogens (tertiary/aromatic N) is 1. The van der Waals surface area contributed by atoms with Crippen molar-refractivity contribution in [2.24, 2.45) is 0 Å². The fourth-order valence-corrected chi connectivity index (χ4v) is 2.28. The fourth-order valence-electron chi connectivity index (χ4n) is 1.83. The van der Waals surface area contributed by atoms with Crippen molar-refractivity contribution < 1.29 is 19.8 Å². The second-order valence-corrected chi connectivity index (χ2v) is 5.14. The molecule has 5 nitrogen and oxygen atoms in total. The molecule has 0 radical (unpaired) electrons. The van der Waals surface area contributed by atoms with Crippen molar-refractivity contribution in [2.45, 2.75) is 0 Å². The Kier molecular flexibility index (Phi) is 4.59. The number of phenols is 1. The van der Waals surface area contributed by atoms with E-state index in [1.807, 2.05) is 0 Å². The van der Waals surface area contributed by atoms with Gasteiger partial charge >= 0.3 is 5.97 Å². The first-order valence-corrected chi connectivity index (χ1v) is 6.85. The number of carboxylic acid groups (broad SMARTS) is 1. The molecule has 0 saturated carbocycles. The highest BCUT2D eigenvalue weighted by Gasteiger charge is 2.22. The van der Waals surface area contributed by atoms with Crippen molar-refractivity contribution in [1.82, 2.24) is 0 Å². The van der Waals surface area contributed by atoms with Crippen molar-refractivity contribution in [3.63, 3.8) is 0 Å². The quantitative estimate of drug-likeness (QED) is 0.889. The van der Waals surface area contributed by atoms with E-state index >= 15 is 0 Å². The zero-order valence-corrected chi connectivity index (χ0v) is 12.4. The minimum Gasteiger partial charge on any atom is -0.508 e. The van der Waals surface area contributed by atoms with Crippen LogP contribution in [-0.4, -0.2) is 28.6 Å². The molecule has 0 heterocycles. The molecule has 0 aliphatic rings. The Balaban J connectivity index is 2.40. The van der Waals surface area contributed by atoms with Crippen molar-refractivity contribution in [3.8, 4) is 5.75 Å². The van der Waals surface area contributed by atoms with Gasteiger partial charge in [0, 0.05) is 10.2 Å². The van der Waals surface area contributed by atoms with Gasteiger partial charge < -0.3 is 10.2 Å². The minimum absolute atomic E-state index is 0.0439. The summed E-state index contributed by atoms with van der Waals surface area (Å²) in [7, 11) is 0. The standard InChI is InChI=1S/C15H12BrNO4/c16-13-4-2-1-3-12(13)15(21)17(9-14(19)20)10-5-7-11(18)8-6-10/h1-8,18H,9H2,(H,19,20). The van der Waals surface area contributed by atoms with Crippen molar-refractivity contribution in [2.75, 3.05) is 11.4 Å². The van der Waals surface area contributed by atoms with Gasteiger partial charge in [0.25, 0.3) is 5.91 Å². The average molecular weight is 350 g/mol. The lowest BCUT2D eigenvalue weighted by Gasteiger charge is -2.21. The summed E-state index contributed by atoms with van der Waals surface area (Å²) >= 11 is 3.28. The smallest absolute Gasteiger partial charge is 0.323 e. The number of carbonyl (C=O) groups is 2. The van der Waals surface area contributed by atoms with Crippen molar-refractivity contribution >= 4 is 33.5 Å². The molecule has 2 rings (SSSR count). The SMILES string of the molecule is O=C(O)CN(C(=O)c1ccccc1Br)c1ccc(O)cc1. The molecule has 0 aliphatic heterocycles. The Labute approximate surface area is 129 Å². The lowest BCUT2D eigenvalue weighted by atomic mass is 10.1. The Morgan fingerprint density at radius 3 is 2.24 bits per heavy atom. The van der Waals surface area contributed by atoms with E-state index in [1.54, 1.807) is 24.3 Å². The van der Waals surface area contributed by atoms with Crippen LogP contribution < -0.4 is 4.90 Å². The number of anilines is 1. The molecular weight excluding hydrogens is 338 g/mol. The van der Waals surface area contributed by atoms with Gasteiger partial charge in [0.05, 0.1) is 5.56 Å². The van der Waals surface area contributed by atoms with E-state index in [-0.39, 0.29) is 5.75 Å². The first-order chi connectivity index (χ1) is 9.99. The summed E-state index contributed by atoms with van der Waals surface area (Å²) in [6.07, 6.45) is 0. The highest BCUT2D eigenvalue weighted by Crippen LogP contribution is 2.23. The third-order valence-corrected chi connectivity index (χ3v) is 3.50. The summed E-state index contributed by atoms with van der Waals surface area (Å²) in [5.74, 6) is -1.51. The number of benzene rings is 2. The van der Waals surface area contributed by atoms with Crippen LogP contribution >= 0.6 is 15.9 Å². The molecule has 0 bridgehead atoms. The number of amides is 1. The van der Waals surface area contributed by atoms with Crippen LogP contribution in [0.15, 0.2) is 53.0 Å². The largest absolute Gasteiger partial charge is 0.508 e. The number of phenolic OH excluding ortho intramolecular Hbond substituents is 1. The van der Waals surface area contributed by atoms with Gasteiger partial charge in [-0.05, 0) is 52.3 Å². The molecule has 0 fully saturated rings. The monoisotopic (exact) mass is 349 g/mol. The first-order valence-electron chi connectivity index (χ1n) is 6.06. The number of aromatic hydroxyl groups is 1. The number of carbonyl (C=O) groups excluding carboxylic acids is 1. The molecule has 108 valence electrons. The number of aliphatic carboxylic acids is 1. The predicted octanol–water partition coefficient (Wildman–Crippen LogP) is 2.89. The van der Waals surface area contributed by atoms with Crippen molar-refractivity contribution in [3.05, 3.63) is 58.6 Å². The van der Waals surface area contributed by atoms with Gasteiger partial charge in [0.15, 0.2) is 0 Å². The zero-order valence-electron chi connectivity index (χ0n) is 10.9. The summed E-state index contributed by atoms with van der Waals surface area (Å²) in [5, 5.41) is 18.3. The summed E-state index contributed by atoms with van der Waals surface area (Å²) in [4.78, 5) is 24.7. The van der Waals surface area contributed by atoms with E-state index < -0.39 is 18.4 Å². The zero-order chi connectivity index (χ0) is 15.4. The van der Waals surface area contributed by atoms with Crippen molar-refractivity contribution in [1.29, 1.82) is 0 Å². The van der Waals surface area contributed by atoms with Gasteiger partial charge in [-0.2, -0.15) is 0 Å². The van der Waals surface area contributed by atoms with Gasteiger partial charge in [-0.15, -0.1) is 0 Å². The Morgan fingerprint density at radius 2 is 1.67 bits per heavy atom. The second-order valence-electron chi connectivity index (χ2n) is 4.28. The number of hydrogen-bond donors (Lipinski definition) is 2. The first kappa shape index (κ1) is 15.1. The van der Waals surface area contributed by atoms with Crippen LogP contribution in [0.25, 0.3) is 0 Å². The molecule has 0 saturated heterocycles. The number of rotatable bonds is 4. The molecule has 2 N–H and O–H groups in total. The Morgan fingerprint density at radius 1 is 1.05 bits per heavy atom. The van der Waals surface area contributed by atoms with Crippen LogP contribution in [-0.2, 0) is 4.79 Å². The molecule has 0 unspecified atom stereocenters. The van der Waals surface area contributed by atoms with E-state index in [0.29, 0.717) is 15.7 Å². The van der Waals surface area contributed by atoms with Crippen LogP contribution in [0.3, 0.4) is 0 Å². The molecule has 1 amide bonds. The molecule has 6 heteroatoms. The molecule has 0 aromatic heterocycles. The average Bonchev–Trinajstić information content (AvgIpc) is 2.45. The Bertz CT molecular complexity index is 670. The molecule has 2 aromatic rings. The second kappa shape index (κ2) is 6.41. The van der Waals surface area contributed by atoms with E-state index in [0.717, 1.165) is 4.90 Å². The highest BCUT2D eigenvalue weighted by atomic mass is 79.9. The summed E-state index contributed by atoms with van der Waals surface area (Å²) in [5.41, 5.74) is 0.766. The topological polar surface area (TPSA) is 77.8 Å². The number of halogens is 1. The lowest BCUT2D eigenvalue weighted by Crippen LogP contribution is -2.35. The molecule has 0 spiro atoms. The third-order valence-electron chi connectivity index (χ3n) is 2.80. The summed E-state index contributed by atoms with van der Waals surface area (Å²) in [6, 6.07) is 12.6. The van der Waals surface area contributed by atoms with Gasteiger partial charge in [-0.25, -0.2) is 0 Å². The molecule has 0 aliphatic carbocycles. The molecule has 0 atom stereocenters. The maximum absolute atomic E-state index is 12.6. The highest BCUT2D eigenvalue weighted by molar-refractivity contribution is 9.10. The van der Waals surface area contributed by atoms with E-state index in [1.165, 1.54) is 24.3 Å². The van der Waals surface area contributed by atoms with Crippen LogP contribution in [0, 0.1) is 0 Å². The minimum atomic E-state index is -1.12. The maximum atomic E-state index is 12.6. The molecule has 21 heavy (non-hydrogen) atoms. The Hall–Kier alpha value is -2.34. The summed E-state index contributed by atoms with van der Waals surface area (Å²) in [6.45, 7) is -0.467. The van der Waals surface area contributed by atoms with Crippen LogP contribution in [0.5, 0.6) is 5.75 Å². The maximum Gasteiger partial charge on any atom is 0.323 e. The third kappa shape index (κ3) is 3.61. The van der Waals surface area contributed by atoms with Gasteiger partial charge in [0.1, 0.15) is 12.3 Å². The van der Waals surface area contributed by atoms with Crippen LogP contribution in [0.4, 0.5) is 5.69 Å². The fraction of sp³-hybridized carbons (Fsp3) is 0.0667. The normalized spacial score (nSPS) is 10.1. The number of hydrogen-bond acceptors (Lipinski definition) is 3. The lowest BCUT2D eigenvalue weighted by molar-refractivity contribution is -0.135. The number of carboxylic acids is 1. The van der Waals surface area contributed by atoms with E-state index in [9.17, 15) is 14.7 Å². The van der Waals surface area contributed by atoms with E-state index in [2.05, 4.69) is 15.9 Å². The predicted molar refractivity (Wildman–Crippen MR) is 81.6 cm³/mol. The van der Waals surface area contributed by atoms with E-state index in [4.69, 9.17) is 5.11 Å². The molecular formula is C15H12BrNO4. The molecule has 2 aromatic carbocycles. The van der Waals surface area contributed by atoms with Gasteiger partial charge in [-0.3, -0.25) is 14.5 Å². The van der Waals surface area contributed by atoms with Crippen LogP contribution in [0.2, 0.25) is 0 Å².